The van der Waals surface area contributed by atoms with Crippen molar-refractivity contribution in [3.05, 3.63) is 63.9 Å². The van der Waals surface area contributed by atoms with Crippen LogP contribution in [0.15, 0.2) is 36.7 Å². The largest absolute Gasteiger partial charge is 0.271 e. The van der Waals surface area contributed by atoms with Crippen molar-refractivity contribution in [1.29, 1.82) is 0 Å². The lowest BCUT2D eigenvalue weighted by Crippen LogP contribution is -2.29. The van der Waals surface area contributed by atoms with Crippen LogP contribution < -0.4 is 11.3 Å². The van der Waals surface area contributed by atoms with Crippen LogP contribution in [0.25, 0.3) is 0 Å². The Morgan fingerprint density at radius 1 is 1.22 bits per heavy atom. The van der Waals surface area contributed by atoms with Gasteiger partial charge in [-0.1, -0.05) is 23.7 Å². The fourth-order valence-electron chi connectivity index (χ4n) is 2.06. The minimum atomic E-state index is -0.0744. The average molecular weight is 262 g/mol. The molecule has 0 aliphatic rings. The minimum absolute atomic E-state index is 0.0744. The lowest BCUT2D eigenvalue weighted by atomic mass is 9.96. The van der Waals surface area contributed by atoms with Gasteiger partial charge in [-0.15, -0.1) is 0 Å². The smallest absolute Gasteiger partial charge is 0.0727 e. The first-order valence-electron chi connectivity index (χ1n) is 5.75. The molecule has 94 valence electrons. The van der Waals surface area contributed by atoms with E-state index in [0.717, 1.165) is 27.3 Å². The first-order chi connectivity index (χ1) is 8.61. The highest BCUT2D eigenvalue weighted by Crippen LogP contribution is 2.26. The Morgan fingerprint density at radius 2 is 2.00 bits per heavy atom. The molecule has 0 aliphatic carbocycles. The van der Waals surface area contributed by atoms with Crippen molar-refractivity contribution in [3.8, 4) is 0 Å². The van der Waals surface area contributed by atoms with Gasteiger partial charge in [-0.25, -0.2) is 5.43 Å². The van der Waals surface area contributed by atoms with E-state index in [2.05, 4.69) is 16.5 Å². The molecule has 0 amide bonds. The van der Waals surface area contributed by atoms with E-state index in [-0.39, 0.29) is 6.04 Å². The van der Waals surface area contributed by atoms with E-state index in [1.807, 2.05) is 44.4 Å². The van der Waals surface area contributed by atoms with Gasteiger partial charge in [0.2, 0.25) is 0 Å². The Hall–Kier alpha value is -1.42. The summed E-state index contributed by atoms with van der Waals surface area (Å²) in [6, 6.07) is 7.80. The lowest BCUT2D eigenvalue weighted by Gasteiger charge is -2.19. The predicted molar refractivity (Wildman–Crippen MR) is 74.3 cm³/mol. The Labute approximate surface area is 112 Å². The SMILES string of the molecule is Cc1cncc(C(NN)c2ccc(Cl)cc2C)c1. The molecule has 1 aromatic carbocycles. The molecular formula is C14H16ClN3. The van der Waals surface area contributed by atoms with Crippen LogP contribution in [0.5, 0.6) is 0 Å². The number of hydrazine groups is 1. The number of nitrogens with two attached hydrogens (primary N) is 1. The van der Waals surface area contributed by atoms with Crippen molar-refractivity contribution in [3.63, 3.8) is 0 Å². The third kappa shape index (κ3) is 2.70. The molecule has 1 atom stereocenters. The van der Waals surface area contributed by atoms with Crippen LogP contribution in [-0.4, -0.2) is 4.98 Å². The van der Waals surface area contributed by atoms with E-state index in [0.29, 0.717) is 0 Å². The van der Waals surface area contributed by atoms with Crippen LogP contribution >= 0.6 is 11.6 Å². The van der Waals surface area contributed by atoms with E-state index < -0.39 is 0 Å². The highest BCUT2D eigenvalue weighted by molar-refractivity contribution is 6.30. The molecule has 0 radical (unpaired) electrons. The van der Waals surface area contributed by atoms with Crippen LogP contribution in [-0.2, 0) is 0 Å². The molecule has 0 saturated heterocycles. The molecule has 0 saturated carbocycles. The molecule has 2 rings (SSSR count). The average Bonchev–Trinajstić information content (AvgIpc) is 2.33. The molecule has 3 nitrogen and oxygen atoms in total. The number of aromatic nitrogens is 1. The van der Waals surface area contributed by atoms with Gasteiger partial charge in [0.1, 0.15) is 0 Å². The maximum atomic E-state index is 5.97. The van der Waals surface area contributed by atoms with Gasteiger partial charge in [-0.2, -0.15) is 0 Å². The quantitative estimate of drug-likeness (QED) is 0.660. The Kier molecular flexibility index (Phi) is 3.97. The molecule has 0 bridgehead atoms. The standard InChI is InChI=1S/C14H16ClN3/c1-9-5-11(8-17-7-9)14(18-16)13-4-3-12(15)6-10(13)2/h3-8,14,18H,16H2,1-2H3. The monoisotopic (exact) mass is 261 g/mol. The number of halogens is 1. The predicted octanol–water partition coefficient (Wildman–Crippen LogP) is 2.90. The van der Waals surface area contributed by atoms with Crippen LogP contribution in [0, 0.1) is 13.8 Å². The maximum absolute atomic E-state index is 5.97. The zero-order chi connectivity index (χ0) is 13.1. The van der Waals surface area contributed by atoms with Gasteiger partial charge in [-0.05, 0) is 48.2 Å². The van der Waals surface area contributed by atoms with Gasteiger partial charge in [0.15, 0.2) is 0 Å². The summed E-state index contributed by atoms with van der Waals surface area (Å²) >= 11 is 5.97. The van der Waals surface area contributed by atoms with Crippen molar-refractivity contribution >= 4 is 11.6 Å². The highest BCUT2D eigenvalue weighted by atomic mass is 35.5. The summed E-state index contributed by atoms with van der Waals surface area (Å²) in [5.74, 6) is 5.68. The summed E-state index contributed by atoms with van der Waals surface area (Å²) in [6.45, 7) is 4.04. The van der Waals surface area contributed by atoms with Crippen LogP contribution in [0.2, 0.25) is 5.02 Å². The van der Waals surface area contributed by atoms with Gasteiger partial charge in [0.25, 0.3) is 0 Å². The summed E-state index contributed by atoms with van der Waals surface area (Å²) in [7, 11) is 0. The van der Waals surface area contributed by atoms with Gasteiger partial charge in [-0.3, -0.25) is 10.8 Å². The molecule has 1 aromatic heterocycles. The molecule has 18 heavy (non-hydrogen) atoms. The maximum Gasteiger partial charge on any atom is 0.0727 e. The number of nitrogens with one attached hydrogen (secondary N) is 1. The van der Waals surface area contributed by atoms with Gasteiger partial charge in [0, 0.05) is 17.4 Å². The number of hydrogen-bond donors (Lipinski definition) is 2. The number of aryl methyl sites for hydroxylation is 2. The second-order valence-corrected chi connectivity index (χ2v) is 4.83. The van der Waals surface area contributed by atoms with E-state index in [4.69, 9.17) is 17.4 Å². The normalized spacial score (nSPS) is 12.4. The van der Waals surface area contributed by atoms with Crippen molar-refractivity contribution in [2.75, 3.05) is 0 Å². The molecular weight excluding hydrogens is 246 g/mol. The molecule has 1 unspecified atom stereocenters. The number of nitrogens with zero attached hydrogens (tertiary/aromatic N) is 1. The zero-order valence-electron chi connectivity index (χ0n) is 10.4. The van der Waals surface area contributed by atoms with Crippen molar-refractivity contribution in [2.45, 2.75) is 19.9 Å². The summed E-state index contributed by atoms with van der Waals surface area (Å²) in [4.78, 5) is 4.20. The van der Waals surface area contributed by atoms with Crippen LogP contribution in [0.4, 0.5) is 0 Å². The zero-order valence-corrected chi connectivity index (χ0v) is 11.2. The Bertz CT molecular complexity index is 554. The summed E-state index contributed by atoms with van der Waals surface area (Å²) in [6.07, 6.45) is 3.65. The number of rotatable bonds is 3. The van der Waals surface area contributed by atoms with Gasteiger partial charge >= 0.3 is 0 Å². The van der Waals surface area contributed by atoms with Crippen LogP contribution in [0.1, 0.15) is 28.3 Å². The second-order valence-electron chi connectivity index (χ2n) is 4.40. The minimum Gasteiger partial charge on any atom is -0.271 e. The molecule has 0 fully saturated rings. The number of pyridine rings is 1. The Balaban J connectivity index is 2.45. The third-order valence-corrected chi connectivity index (χ3v) is 3.17. The summed E-state index contributed by atoms with van der Waals surface area (Å²) < 4.78 is 0. The third-order valence-electron chi connectivity index (χ3n) is 2.94. The van der Waals surface area contributed by atoms with Crippen molar-refractivity contribution in [1.82, 2.24) is 10.4 Å². The van der Waals surface area contributed by atoms with E-state index in [1.54, 1.807) is 0 Å². The van der Waals surface area contributed by atoms with Crippen LogP contribution in [0.3, 0.4) is 0 Å². The summed E-state index contributed by atoms with van der Waals surface area (Å²) in [5.41, 5.74) is 7.20. The van der Waals surface area contributed by atoms with Gasteiger partial charge in [0.05, 0.1) is 6.04 Å². The first-order valence-corrected chi connectivity index (χ1v) is 6.13. The molecule has 4 heteroatoms. The second kappa shape index (κ2) is 5.48. The fourth-order valence-corrected chi connectivity index (χ4v) is 2.29. The topological polar surface area (TPSA) is 50.9 Å². The van der Waals surface area contributed by atoms with E-state index >= 15 is 0 Å². The van der Waals surface area contributed by atoms with Crippen molar-refractivity contribution < 1.29 is 0 Å². The molecule has 0 aliphatic heterocycles. The Morgan fingerprint density at radius 3 is 2.61 bits per heavy atom. The molecule has 2 aromatic rings. The molecule has 3 N–H and O–H groups in total. The molecule has 0 spiro atoms. The first kappa shape index (κ1) is 13.0. The number of hydrogen-bond acceptors (Lipinski definition) is 3. The lowest BCUT2D eigenvalue weighted by molar-refractivity contribution is 0.631. The highest BCUT2D eigenvalue weighted by Gasteiger charge is 2.15. The van der Waals surface area contributed by atoms with E-state index in [1.165, 1.54) is 0 Å². The van der Waals surface area contributed by atoms with Gasteiger partial charge < -0.3 is 0 Å². The number of benzene rings is 1. The van der Waals surface area contributed by atoms with E-state index in [9.17, 15) is 0 Å². The molecule has 1 heterocycles. The summed E-state index contributed by atoms with van der Waals surface area (Å²) in [5, 5.41) is 0.731. The van der Waals surface area contributed by atoms with Crippen molar-refractivity contribution in [2.24, 2.45) is 5.84 Å². The fraction of sp³-hybridized carbons (Fsp3) is 0.214.